The van der Waals surface area contributed by atoms with Crippen molar-refractivity contribution in [2.45, 2.75) is 45.1 Å². The third-order valence-corrected chi connectivity index (χ3v) is 4.14. The number of carbonyl (C=O) groups excluding carboxylic acids is 2. The van der Waals surface area contributed by atoms with Crippen LogP contribution in [0.1, 0.15) is 44.1 Å². The molecular weight excluding hydrogens is 302 g/mol. The normalized spacial score (nSPS) is 10.7. The van der Waals surface area contributed by atoms with Gasteiger partial charge in [-0.3, -0.25) is 9.59 Å². The summed E-state index contributed by atoms with van der Waals surface area (Å²) in [7, 11) is 0. The molecule has 0 unspecified atom stereocenters. The first-order valence-electron chi connectivity index (χ1n) is 8.56. The summed E-state index contributed by atoms with van der Waals surface area (Å²) < 4.78 is 0. The topological polar surface area (TPSA) is 66.4 Å². The molecule has 0 aliphatic rings. The van der Waals surface area contributed by atoms with E-state index >= 15 is 0 Å². The number of nitrogens with one attached hydrogen (secondary N) is 1. The second-order valence-electron chi connectivity index (χ2n) is 6.03. The molecule has 0 fully saturated rings. The van der Waals surface area contributed by atoms with E-state index < -0.39 is 0 Å². The number of hydrogen-bond donors (Lipinski definition) is 2. The maximum Gasteiger partial charge on any atom is 0.220 e. The Bertz CT molecular complexity index is 676. The van der Waals surface area contributed by atoms with Gasteiger partial charge in [-0.2, -0.15) is 0 Å². The van der Waals surface area contributed by atoms with E-state index in [1.165, 1.54) is 10.8 Å². The number of unbranched alkanes of at least 4 members (excludes halogenated alkanes) is 3. The van der Waals surface area contributed by atoms with Crippen molar-refractivity contribution < 1.29 is 14.7 Å². The van der Waals surface area contributed by atoms with Gasteiger partial charge in [0.15, 0.2) is 5.78 Å². The maximum absolute atomic E-state index is 11.9. The molecule has 0 heterocycles. The number of rotatable bonds is 10. The van der Waals surface area contributed by atoms with Crippen molar-refractivity contribution in [3.05, 3.63) is 48.0 Å². The van der Waals surface area contributed by atoms with Crippen molar-refractivity contribution in [1.82, 2.24) is 5.32 Å². The Hall–Kier alpha value is -2.20. The van der Waals surface area contributed by atoms with Gasteiger partial charge >= 0.3 is 0 Å². The highest BCUT2D eigenvalue weighted by atomic mass is 16.3. The molecule has 0 spiro atoms. The zero-order valence-electron chi connectivity index (χ0n) is 14.0. The van der Waals surface area contributed by atoms with E-state index in [1.54, 1.807) is 0 Å². The minimum atomic E-state index is -0.365. The lowest BCUT2D eigenvalue weighted by atomic mass is 10.0. The van der Waals surface area contributed by atoms with Crippen LogP contribution in [0.25, 0.3) is 10.8 Å². The zero-order valence-corrected chi connectivity index (χ0v) is 14.0. The molecule has 0 atom stereocenters. The summed E-state index contributed by atoms with van der Waals surface area (Å²) in [4.78, 5) is 22.9. The first-order chi connectivity index (χ1) is 11.7. The number of hydrogen-bond acceptors (Lipinski definition) is 3. The number of Topliss-reactive ketones (excluding diaryl/α,β-unsaturated/α-hetero) is 1. The van der Waals surface area contributed by atoms with Crippen LogP contribution < -0.4 is 5.32 Å². The van der Waals surface area contributed by atoms with Crippen LogP contribution in [-0.2, 0) is 16.1 Å². The zero-order chi connectivity index (χ0) is 17.2. The summed E-state index contributed by atoms with van der Waals surface area (Å²) in [5.41, 5.74) is 1.13. The van der Waals surface area contributed by atoms with Crippen molar-refractivity contribution in [3.8, 4) is 0 Å². The van der Waals surface area contributed by atoms with Crippen LogP contribution in [0.3, 0.4) is 0 Å². The molecule has 4 nitrogen and oxygen atoms in total. The number of benzene rings is 2. The number of aliphatic hydroxyl groups excluding tert-OH is 1. The monoisotopic (exact) mass is 327 g/mol. The average molecular weight is 327 g/mol. The molecule has 24 heavy (non-hydrogen) atoms. The SMILES string of the molecule is O=C(CO)CCCCCCC(=O)NCc1cccc2ccccc12. The van der Waals surface area contributed by atoms with E-state index in [9.17, 15) is 9.59 Å². The molecule has 0 aliphatic heterocycles. The summed E-state index contributed by atoms with van der Waals surface area (Å²) >= 11 is 0. The van der Waals surface area contributed by atoms with Gasteiger partial charge in [-0.15, -0.1) is 0 Å². The van der Waals surface area contributed by atoms with Gasteiger partial charge in [-0.05, 0) is 29.2 Å². The summed E-state index contributed by atoms with van der Waals surface area (Å²) in [5.74, 6) is -0.0443. The molecule has 2 rings (SSSR count). The third-order valence-electron chi connectivity index (χ3n) is 4.14. The van der Waals surface area contributed by atoms with Gasteiger partial charge in [-0.1, -0.05) is 55.3 Å². The van der Waals surface area contributed by atoms with E-state index in [0.29, 0.717) is 19.4 Å². The van der Waals surface area contributed by atoms with Crippen LogP contribution in [0.4, 0.5) is 0 Å². The van der Waals surface area contributed by atoms with E-state index in [2.05, 4.69) is 23.5 Å². The lowest BCUT2D eigenvalue weighted by Crippen LogP contribution is -2.22. The van der Waals surface area contributed by atoms with Gasteiger partial charge in [0.1, 0.15) is 6.61 Å². The second kappa shape index (κ2) is 9.83. The van der Waals surface area contributed by atoms with Crippen molar-refractivity contribution >= 4 is 22.5 Å². The molecule has 0 bridgehead atoms. The highest BCUT2D eigenvalue weighted by molar-refractivity contribution is 5.86. The summed E-state index contributed by atoms with van der Waals surface area (Å²) in [6.45, 7) is 0.182. The lowest BCUT2D eigenvalue weighted by molar-refractivity contribution is -0.122. The minimum absolute atomic E-state index is 0.0642. The molecule has 2 aromatic rings. The number of fused-ring (bicyclic) bond motifs is 1. The summed E-state index contributed by atoms with van der Waals surface area (Å²) in [6.07, 6.45) is 4.41. The number of amides is 1. The molecule has 0 radical (unpaired) electrons. The van der Waals surface area contributed by atoms with Crippen LogP contribution >= 0.6 is 0 Å². The highest BCUT2D eigenvalue weighted by Crippen LogP contribution is 2.18. The smallest absolute Gasteiger partial charge is 0.220 e. The first kappa shape index (κ1) is 18.1. The molecule has 128 valence electrons. The van der Waals surface area contributed by atoms with E-state index in [4.69, 9.17) is 5.11 Å². The maximum atomic E-state index is 11.9. The molecule has 1 amide bonds. The fourth-order valence-corrected chi connectivity index (χ4v) is 2.77. The summed E-state index contributed by atoms with van der Waals surface area (Å²) in [5, 5.41) is 14.0. The third kappa shape index (κ3) is 5.78. The molecule has 2 N–H and O–H groups in total. The lowest BCUT2D eigenvalue weighted by Gasteiger charge is -2.08. The van der Waals surface area contributed by atoms with Crippen molar-refractivity contribution in [2.24, 2.45) is 0 Å². The second-order valence-corrected chi connectivity index (χ2v) is 6.03. The average Bonchev–Trinajstić information content (AvgIpc) is 2.62. The van der Waals surface area contributed by atoms with Crippen LogP contribution in [0.5, 0.6) is 0 Å². The molecule has 0 saturated heterocycles. The van der Waals surface area contributed by atoms with Gasteiger partial charge in [0.2, 0.25) is 5.91 Å². The Kier molecular flexibility index (Phi) is 7.43. The Balaban J connectivity index is 1.67. The predicted octanol–water partition coefficient (Wildman–Crippen LogP) is 3.36. The van der Waals surface area contributed by atoms with Crippen LogP contribution in [0, 0.1) is 0 Å². The molecular formula is C20H25NO3. The van der Waals surface area contributed by atoms with Gasteiger partial charge in [-0.25, -0.2) is 0 Å². The highest BCUT2D eigenvalue weighted by Gasteiger charge is 2.04. The minimum Gasteiger partial charge on any atom is -0.389 e. The first-order valence-corrected chi connectivity index (χ1v) is 8.56. The largest absolute Gasteiger partial charge is 0.389 e. The standard InChI is InChI=1S/C20H25NO3/c22-15-18(23)11-3-1-2-4-13-20(24)21-14-17-10-7-9-16-8-5-6-12-19(16)17/h5-10,12,22H,1-4,11,13-15H2,(H,21,24). The summed E-state index contributed by atoms with van der Waals surface area (Å²) in [6, 6.07) is 14.3. The predicted molar refractivity (Wildman–Crippen MR) is 95.6 cm³/mol. The van der Waals surface area contributed by atoms with Crippen molar-refractivity contribution in [2.75, 3.05) is 6.61 Å². The van der Waals surface area contributed by atoms with E-state index in [0.717, 1.165) is 31.2 Å². The molecule has 0 aromatic heterocycles. The number of ketones is 1. The van der Waals surface area contributed by atoms with Crippen molar-refractivity contribution in [3.63, 3.8) is 0 Å². The quantitative estimate of drug-likeness (QED) is 0.658. The van der Waals surface area contributed by atoms with Gasteiger partial charge in [0.25, 0.3) is 0 Å². The molecule has 0 aliphatic carbocycles. The van der Waals surface area contributed by atoms with E-state index in [-0.39, 0.29) is 18.3 Å². The van der Waals surface area contributed by atoms with Crippen LogP contribution in [0.2, 0.25) is 0 Å². The Morgan fingerprint density at radius 1 is 0.875 bits per heavy atom. The number of carbonyl (C=O) groups is 2. The van der Waals surface area contributed by atoms with Crippen LogP contribution in [0.15, 0.2) is 42.5 Å². The molecule has 4 heteroatoms. The van der Waals surface area contributed by atoms with Crippen molar-refractivity contribution in [1.29, 1.82) is 0 Å². The van der Waals surface area contributed by atoms with E-state index in [1.807, 2.05) is 24.3 Å². The van der Waals surface area contributed by atoms with Gasteiger partial charge in [0, 0.05) is 19.4 Å². The van der Waals surface area contributed by atoms with Gasteiger partial charge in [0.05, 0.1) is 0 Å². The fraction of sp³-hybridized carbons (Fsp3) is 0.400. The fourth-order valence-electron chi connectivity index (χ4n) is 2.77. The molecule has 2 aromatic carbocycles. The Morgan fingerprint density at radius 3 is 2.38 bits per heavy atom. The Morgan fingerprint density at radius 2 is 1.58 bits per heavy atom. The van der Waals surface area contributed by atoms with Gasteiger partial charge < -0.3 is 10.4 Å². The molecule has 0 saturated carbocycles. The Labute approximate surface area is 142 Å². The number of aliphatic hydroxyl groups is 1. The van der Waals surface area contributed by atoms with Crippen LogP contribution in [-0.4, -0.2) is 23.4 Å².